The highest BCUT2D eigenvalue weighted by molar-refractivity contribution is 5.98. The third-order valence-corrected chi connectivity index (χ3v) is 3.42. The summed E-state index contributed by atoms with van der Waals surface area (Å²) < 4.78 is 0. The number of pyridine rings is 1. The topological polar surface area (TPSA) is 59.2 Å². The molecule has 1 aromatic heterocycles. The molecule has 0 saturated heterocycles. The average Bonchev–Trinajstić information content (AvgIpc) is 2.52. The number of rotatable bonds is 5. The number of anilines is 1. The summed E-state index contributed by atoms with van der Waals surface area (Å²) in [5, 5.41) is 0. The second-order valence-corrected chi connectivity index (χ2v) is 5.08. The quantitative estimate of drug-likeness (QED) is 0.916. The number of amides is 1. The van der Waals surface area contributed by atoms with Crippen molar-refractivity contribution in [1.29, 1.82) is 0 Å². The third kappa shape index (κ3) is 3.60. The van der Waals surface area contributed by atoms with Gasteiger partial charge < -0.3 is 10.6 Å². The molecule has 1 aromatic carbocycles. The fourth-order valence-electron chi connectivity index (χ4n) is 2.13. The lowest BCUT2D eigenvalue weighted by Gasteiger charge is -2.17. The molecular weight excluding hydrogens is 262 g/mol. The number of carbonyl (C=O) groups excluding carboxylic acids is 1. The van der Waals surface area contributed by atoms with Crippen LogP contribution in [0.3, 0.4) is 0 Å². The first-order valence-corrected chi connectivity index (χ1v) is 7.21. The predicted octanol–water partition coefficient (Wildman–Crippen LogP) is 3.20. The maximum atomic E-state index is 12.3. The van der Waals surface area contributed by atoms with Gasteiger partial charge in [0.1, 0.15) is 5.82 Å². The normalized spacial score (nSPS) is 10.4. The Hall–Kier alpha value is -2.36. The summed E-state index contributed by atoms with van der Waals surface area (Å²) in [5.74, 6) is 0.206. The molecule has 0 atom stereocenters. The highest BCUT2D eigenvalue weighted by Gasteiger charge is 2.15. The van der Waals surface area contributed by atoms with E-state index in [4.69, 9.17) is 5.73 Å². The van der Waals surface area contributed by atoms with Crippen molar-refractivity contribution < 1.29 is 4.79 Å². The van der Waals surface area contributed by atoms with Crippen LogP contribution in [-0.4, -0.2) is 29.4 Å². The molecule has 1 amide bonds. The number of benzene rings is 1. The molecule has 0 aliphatic rings. The first-order chi connectivity index (χ1) is 10.1. The Labute approximate surface area is 125 Å². The van der Waals surface area contributed by atoms with E-state index in [0.29, 0.717) is 5.56 Å². The van der Waals surface area contributed by atoms with Gasteiger partial charge in [0.05, 0.1) is 11.3 Å². The molecule has 0 aliphatic heterocycles. The van der Waals surface area contributed by atoms with Crippen LogP contribution in [0.2, 0.25) is 0 Å². The molecule has 2 rings (SSSR count). The SMILES string of the molecule is CCCCN(C)C(=O)c1ccc(-c2ccccc2)nc1N. The number of aromatic nitrogens is 1. The van der Waals surface area contributed by atoms with Crippen molar-refractivity contribution in [2.24, 2.45) is 0 Å². The van der Waals surface area contributed by atoms with Crippen LogP contribution in [0.5, 0.6) is 0 Å². The first kappa shape index (κ1) is 15.0. The van der Waals surface area contributed by atoms with Gasteiger partial charge >= 0.3 is 0 Å². The van der Waals surface area contributed by atoms with Crippen molar-refractivity contribution in [3.8, 4) is 11.3 Å². The summed E-state index contributed by atoms with van der Waals surface area (Å²) in [4.78, 5) is 18.4. The van der Waals surface area contributed by atoms with Crippen molar-refractivity contribution in [1.82, 2.24) is 9.88 Å². The van der Waals surface area contributed by atoms with E-state index in [-0.39, 0.29) is 11.7 Å². The largest absolute Gasteiger partial charge is 0.383 e. The molecule has 4 heteroatoms. The van der Waals surface area contributed by atoms with Crippen LogP contribution < -0.4 is 5.73 Å². The molecule has 110 valence electrons. The Morgan fingerprint density at radius 2 is 1.90 bits per heavy atom. The number of hydrogen-bond donors (Lipinski definition) is 1. The summed E-state index contributed by atoms with van der Waals surface area (Å²) in [6.07, 6.45) is 2.04. The van der Waals surface area contributed by atoms with Crippen LogP contribution in [0.1, 0.15) is 30.1 Å². The minimum atomic E-state index is -0.0759. The molecule has 2 N–H and O–H groups in total. The van der Waals surface area contributed by atoms with Gasteiger partial charge in [-0.15, -0.1) is 0 Å². The summed E-state index contributed by atoms with van der Waals surface area (Å²) in [6, 6.07) is 13.4. The minimum absolute atomic E-state index is 0.0759. The van der Waals surface area contributed by atoms with E-state index in [1.807, 2.05) is 36.4 Å². The van der Waals surface area contributed by atoms with Crippen LogP contribution in [0.4, 0.5) is 5.82 Å². The van der Waals surface area contributed by atoms with E-state index < -0.39 is 0 Å². The lowest BCUT2D eigenvalue weighted by atomic mass is 10.1. The van der Waals surface area contributed by atoms with E-state index in [0.717, 1.165) is 30.6 Å². The number of nitrogens with zero attached hydrogens (tertiary/aromatic N) is 2. The van der Waals surface area contributed by atoms with Crippen LogP contribution in [0.25, 0.3) is 11.3 Å². The average molecular weight is 283 g/mol. The maximum Gasteiger partial charge on any atom is 0.257 e. The predicted molar refractivity (Wildman–Crippen MR) is 86.0 cm³/mol. The lowest BCUT2D eigenvalue weighted by molar-refractivity contribution is 0.0794. The van der Waals surface area contributed by atoms with Gasteiger partial charge in [-0.3, -0.25) is 4.79 Å². The zero-order valence-corrected chi connectivity index (χ0v) is 12.5. The van der Waals surface area contributed by atoms with Crippen LogP contribution in [-0.2, 0) is 0 Å². The fraction of sp³-hybridized carbons (Fsp3) is 0.294. The van der Waals surface area contributed by atoms with Gasteiger partial charge in [0.25, 0.3) is 5.91 Å². The molecule has 0 fully saturated rings. The van der Waals surface area contributed by atoms with E-state index in [1.54, 1.807) is 18.0 Å². The molecule has 2 aromatic rings. The molecule has 4 nitrogen and oxygen atoms in total. The highest BCUT2D eigenvalue weighted by atomic mass is 16.2. The zero-order chi connectivity index (χ0) is 15.2. The summed E-state index contributed by atoms with van der Waals surface area (Å²) >= 11 is 0. The molecule has 1 heterocycles. The number of nitrogen functional groups attached to an aromatic ring is 1. The van der Waals surface area contributed by atoms with Crippen LogP contribution in [0.15, 0.2) is 42.5 Å². The number of hydrogen-bond acceptors (Lipinski definition) is 3. The van der Waals surface area contributed by atoms with Crippen molar-refractivity contribution in [2.45, 2.75) is 19.8 Å². The van der Waals surface area contributed by atoms with Crippen molar-refractivity contribution in [3.63, 3.8) is 0 Å². The molecule has 0 spiro atoms. The van der Waals surface area contributed by atoms with E-state index in [2.05, 4.69) is 11.9 Å². The fourth-order valence-corrected chi connectivity index (χ4v) is 2.13. The van der Waals surface area contributed by atoms with Gasteiger partial charge in [-0.1, -0.05) is 43.7 Å². The van der Waals surface area contributed by atoms with Gasteiger partial charge in [0, 0.05) is 19.2 Å². The van der Waals surface area contributed by atoms with E-state index in [9.17, 15) is 4.79 Å². The van der Waals surface area contributed by atoms with E-state index in [1.165, 1.54) is 0 Å². The molecule has 21 heavy (non-hydrogen) atoms. The summed E-state index contributed by atoms with van der Waals surface area (Å²) in [7, 11) is 1.79. The highest BCUT2D eigenvalue weighted by Crippen LogP contribution is 2.20. The standard InChI is InChI=1S/C17H21N3O/c1-3-4-12-20(2)17(21)14-10-11-15(19-16(14)18)13-8-6-5-7-9-13/h5-11H,3-4,12H2,1-2H3,(H2,18,19). The Morgan fingerprint density at radius 3 is 2.52 bits per heavy atom. The van der Waals surface area contributed by atoms with Crippen molar-refractivity contribution >= 4 is 11.7 Å². The minimum Gasteiger partial charge on any atom is -0.383 e. The number of carbonyl (C=O) groups is 1. The van der Waals surface area contributed by atoms with Gasteiger partial charge in [0.2, 0.25) is 0 Å². The molecule has 0 radical (unpaired) electrons. The third-order valence-electron chi connectivity index (χ3n) is 3.42. The molecule has 0 saturated carbocycles. The first-order valence-electron chi connectivity index (χ1n) is 7.21. The molecule has 0 aliphatic carbocycles. The van der Waals surface area contributed by atoms with Crippen molar-refractivity contribution in [2.75, 3.05) is 19.3 Å². The molecule has 0 unspecified atom stereocenters. The molecular formula is C17H21N3O. The van der Waals surface area contributed by atoms with Crippen LogP contribution in [0, 0.1) is 0 Å². The second-order valence-electron chi connectivity index (χ2n) is 5.08. The maximum absolute atomic E-state index is 12.3. The Bertz CT molecular complexity index is 611. The van der Waals surface area contributed by atoms with Gasteiger partial charge in [-0.25, -0.2) is 4.98 Å². The monoisotopic (exact) mass is 283 g/mol. The summed E-state index contributed by atoms with van der Waals surface area (Å²) in [6.45, 7) is 2.83. The van der Waals surface area contributed by atoms with Gasteiger partial charge in [-0.2, -0.15) is 0 Å². The van der Waals surface area contributed by atoms with Crippen molar-refractivity contribution in [3.05, 3.63) is 48.0 Å². The Kier molecular flexibility index (Phi) is 4.93. The second kappa shape index (κ2) is 6.88. The van der Waals surface area contributed by atoms with Gasteiger partial charge in [-0.05, 0) is 18.6 Å². The Balaban J connectivity index is 2.22. The summed E-state index contributed by atoms with van der Waals surface area (Å²) in [5.41, 5.74) is 8.20. The number of nitrogens with two attached hydrogens (primary N) is 1. The smallest absolute Gasteiger partial charge is 0.257 e. The van der Waals surface area contributed by atoms with E-state index >= 15 is 0 Å². The van der Waals surface area contributed by atoms with Gasteiger partial charge in [0.15, 0.2) is 0 Å². The molecule has 0 bridgehead atoms. The van der Waals surface area contributed by atoms with Crippen LogP contribution >= 0.6 is 0 Å². The lowest BCUT2D eigenvalue weighted by Crippen LogP contribution is -2.28. The zero-order valence-electron chi connectivity index (χ0n) is 12.5. The Morgan fingerprint density at radius 1 is 1.19 bits per heavy atom. The number of unbranched alkanes of at least 4 members (excludes halogenated alkanes) is 1.